The minimum absolute atomic E-state index is 0.314. The minimum atomic E-state index is -0.614. The Bertz CT molecular complexity index is 1250. The van der Waals surface area contributed by atoms with Gasteiger partial charge >= 0.3 is 5.69 Å². The monoisotopic (exact) mass is 364 g/mol. The highest BCUT2D eigenvalue weighted by atomic mass is 16.2. The van der Waals surface area contributed by atoms with Crippen molar-refractivity contribution < 1.29 is 4.79 Å². The molecule has 3 aromatic heterocycles. The minimum Gasteiger partial charge on any atom is -0.354 e. The summed E-state index contributed by atoms with van der Waals surface area (Å²) in [5.74, 6) is 0.290. The number of amides is 1. The zero-order chi connectivity index (χ0) is 18.8. The molecule has 0 radical (unpaired) electrons. The van der Waals surface area contributed by atoms with Crippen LogP contribution in [0.2, 0.25) is 0 Å². The molecule has 0 aliphatic rings. The lowest BCUT2D eigenvalue weighted by molar-refractivity contribution is -0.121. The Hall–Kier alpha value is -3.75. The molecule has 4 aromatic rings. The van der Waals surface area contributed by atoms with E-state index in [-0.39, 0.29) is 6.54 Å². The molecule has 0 saturated carbocycles. The van der Waals surface area contributed by atoms with Crippen molar-refractivity contribution in [2.24, 2.45) is 0 Å². The van der Waals surface area contributed by atoms with Crippen LogP contribution in [0.5, 0.6) is 0 Å². The largest absolute Gasteiger partial charge is 0.354 e. The van der Waals surface area contributed by atoms with Crippen LogP contribution in [0.1, 0.15) is 5.82 Å². The fraction of sp³-hybridized carbons (Fsp3) is 0.167. The third-order valence-corrected chi connectivity index (χ3v) is 4.25. The van der Waals surface area contributed by atoms with Crippen molar-refractivity contribution in [2.75, 3.05) is 6.54 Å². The van der Waals surface area contributed by atoms with Crippen LogP contribution in [0.15, 0.2) is 58.3 Å². The van der Waals surface area contributed by atoms with Crippen molar-refractivity contribution in [3.8, 4) is 0 Å². The van der Waals surface area contributed by atoms with Gasteiger partial charge in [-0.05, 0) is 24.3 Å². The zero-order valence-corrected chi connectivity index (χ0v) is 14.3. The number of aromatic amines is 1. The number of rotatable bonds is 5. The number of benzene rings is 1. The van der Waals surface area contributed by atoms with Gasteiger partial charge in [-0.3, -0.25) is 18.6 Å². The van der Waals surface area contributed by atoms with Gasteiger partial charge in [-0.1, -0.05) is 18.2 Å². The number of nitrogens with zero attached hydrogens (tertiary/aromatic N) is 4. The van der Waals surface area contributed by atoms with Gasteiger partial charge in [-0.15, -0.1) is 10.2 Å². The van der Waals surface area contributed by atoms with Gasteiger partial charge in [0, 0.05) is 19.2 Å². The zero-order valence-electron chi connectivity index (χ0n) is 14.3. The second-order valence-corrected chi connectivity index (χ2v) is 6.01. The molecule has 9 heteroatoms. The first kappa shape index (κ1) is 16.7. The smallest absolute Gasteiger partial charge is 0.329 e. The summed E-state index contributed by atoms with van der Waals surface area (Å²) in [6, 6.07) is 12.3. The summed E-state index contributed by atoms with van der Waals surface area (Å²) in [4.78, 5) is 39.3. The van der Waals surface area contributed by atoms with Crippen LogP contribution < -0.4 is 16.6 Å². The van der Waals surface area contributed by atoms with E-state index in [0.29, 0.717) is 29.7 Å². The van der Waals surface area contributed by atoms with Crippen molar-refractivity contribution in [1.29, 1.82) is 0 Å². The molecule has 1 aromatic carbocycles. The van der Waals surface area contributed by atoms with Crippen molar-refractivity contribution in [3.63, 3.8) is 0 Å². The number of nitrogens with one attached hydrogen (secondary N) is 2. The maximum Gasteiger partial charge on any atom is 0.329 e. The van der Waals surface area contributed by atoms with E-state index in [2.05, 4.69) is 20.5 Å². The number of hydrogen-bond donors (Lipinski definition) is 2. The second kappa shape index (κ2) is 6.87. The maximum atomic E-state index is 12.4. The topological polar surface area (TPSA) is 114 Å². The normalized spacial score (nSPS) is 11.1. The molecule has 0 spiro atoms. The number of carbonyl (C=O) groups is 1. The van der Waals surface area contributed by atoms with Crippen molar-refractivity contribution >= 4 is 22.5 Å². The van der Waals surface area contributed by atoms with Crippen LogP contribution in [-0.4, -0.2) is 36.6 Å². The molecule has 0 bridgehead atoms. The molecule has 0 aliphatic carbocycles. The van der Waals surface area contributed by atoms with E-state index in [1.54, 1.807) is 24.3 Å². The molecular formula is C18H16N6O3. The highest BCUT2D eigenvalue weighted by Gasteiger charge is 2.11. The molecule has 4 rings (SSSR count). The fourth-order valence-corrected chi connectivity index (χ4v) is 2.92. The average molecular weight is 364 g/mol. The van der Waals surface area contributed by atoms with Gasteiger partial charge < -0.3 is 10.3 Å². The lowest BCUT2D eigenvalue weighted by atomic mass is 10.2. The molecule has 0 fully saturated rings. The van der Waals surface area contributed by atoms with Crippen molar-refractivity contribution in [2.45, 2.75) is 13.0 Å². The predicted octanol–water partition coefficient (Wildman–Crippen LogP) is 0.0914. The third-order valence-electron chi connectivity index (χ3n) is 4.25. The lowest BCUT2D eigenvalue weighted by Gasteiger charge is -2.07. The summed E-state index contributed by atoms with van der Waals surface area (Å²) in [5, 5.41) is 11.2. The van der Waals surface area contributed by atoms with Gasteiger partial charge in [0.1, 0.15) is 12.4 Å². The first-order valence-electron chi connectivity index (χ1n) is 8.41. The van der Waals surface area contributed by atoms with Gasteiger partial charge in [0.2, 0.25) is 5.91 Å². The number of aromatic nitrogens is 5. The van der Waals surface area contributed by atoms with E-state index in [0.717, 1.165) is 10.2 Å². The van der Waals surface area contributed by atoms with Gasteiger partial charge in [0.25, 0.3) is 5.56 Å². The van der Waals surface area contributed by atoms with Gasteiger partial charge in [-0.25, -0.2) is 4.79 Å². The van der Waals surface area contributed by atoms with E-state index in [1.807, 2.05) is 28.8 Å². The number of hydrogen-bond acceptors (Lipinski definition) is 5. The van der Waals surface area contributed by atoms with Gasteiger partial charge in [0.05, 0.1) is 10.9 Å². The lowest BCUT2D eigenvalue weighted by Crippen LogP contribution is -2.41. The van der Waals surface area contributed by atoms with Crippen molar-refractivity contribution in [1.82, 2.24) is 29.5 Å². The van der Waals surface area contributed by atoms with Crippen LogP contribution in [0, 0.1) is 0 Å². The second-order valence-electron chi connectivity index (χ2n) is 6.01. The van der Waals surface area contributed by atoms with Crippen LogP contribution in [0.3, 0.4) is 0 Å². The Kier molecular flexibility index (Phi) is 4.25. The number of para-hydroxylation sites is 1. The molecule has 9 nitrogen and oxygen atoms in total. The summed E-state index contributed by atoms with van der Waals surface area (Å²) in [6.45, 7) is -0.0334. The van der Waals surface area contributed by atoms with Crippen LogP contribution in [-0.2, 0) is 17.8 Å². The fourth-order valence-electron chi connectivity index (χ4n) is 2.92. The molecule has 2 N–H and O–H groups in total. The number of pyridine rings is 1. The van der Waals surface area contributed by atoms with Crippen LogP contribution >= 0.6 is 0 Å². The van der Waals surface area contributed by atoms with E-state index in [4.69, 9.17) is 0 Å². The third kappa shape index (κ3) is 3.22. The summed E-state index contributed by atoms with van der Waals surface area (Å²) < 4.78 is 2.73. The molecule has 27 heavy (non-hydrogen) atoms. The number of H-pyrrole nitrogens is 1. The molecule has 1 amide bonds. The highest BCUT2D eigenvalue weighted by molar-refractivity contribution is 5.78. The summed E-state index contributed by atoms with van der Waals surface area (Å²) in [5.41, 5.74) is 0.0705. The molecular weight excluding hydrogens is 348 g/mol. The molecule has 136 valence electrons. The van der Waals surface area contributed by atoms with E-state index >= 15 is 0 Å². The summed E-state index contributed by atoms with van der Waals surface area (Å²) in [7, 11) is 0. The Morgan fingerprint density at radius 1 is 1.07 bits per heavy atom. The molecule has 0 saturated heterocycles. The van der Waals surface area contributed by atoms with E-state index in [1.165, 1.54) is 0 Å². The van der Waals surface area contributed by atoms with Gasteiger partial charge in [-0.2, -0.15) is 0 Å². The van der Waals surface area contributed by atoms with Crippen LogP contribution in [0.4, 0.5) is 0 Å². The molecule has 3 heterocycles. The Labute approximate surface area is 152 Å². The average Bonchev–Trinajstić information content (AvgIpc) is 3.08. The Morgan fingerprint density at radius 2 is 1.89 bits per heavy atom. The van der Waals surface area contributed by atoms with Crippen LogP contribution in [0.25, 0.3) is 16.6 Å². The summed E-state index contributed by atoms with van der Waals surface area (Å²) >= 11 is 0. The Balaban J connectivity index is 1.45. The first-order chi connectivity index (χ1) is 13.1. The molecule has 0 atom stereocenters. The van der Waals surface area contributed by atoms with Gasteiger partial charge in [0.15, 0.2) is 5.65 Å². The van der Waals surface area contributed by atoms with E-state index in [9.17, 15) is 14.4 Å². The van der Waals surface area contributed by atoms with Crippen molar-refractivity contribution in [3.05, 3.63) is 75.3 Å². The highest BCUT2D eigenvalue weighted by Crippen LogP contribution is 2.04. The predicted molar refractivity (Wildman–Crippen MR) is 98.5 cm³/mol. The maximum absolute atomic E-state index is 12.4. The number of carbonyl (C=O) groups excluding carboxylic acids is 1. The standard InChI is InChI=1S/C18H16N6O3/c25-16(19-9-8-15-22-21-14-7-3-4-10-23(14)15)11-24-17(26)12-5-1-2-6-13(12)20-18(24)27/h1-7,10H,8-9,11H2,(H,19,25)(H,20,27). The quantitative estimate of drug-likeness (QED) is 0.521. The van der Waals surface area contributed by atoms with E-state index < -0.39 is 17.2 Å². The first-order valence-corrected chi connectivity index (χ1v) is 8.41. The molecule has 0 unspecified atom stereocenters. The summed E-state index contributed by atoms with van der Waals surface area (Å²) in [6.07, 6.45) is 2.32. The molecule has 0 aliphatic heterocycles. The Morgan fingerprint density at radius 3 is 2.78 bits per heavy atom. The SMILES string of the molecule is O=C(Cn1c(=O)[nH]c2ccccc2c1=O)NCCc1nnc2ccccn12. The number of fused-ring (bicyclic) bond motifs is 2.